The average Bonchev–Trinajstić information content (AvgIpc) is 3.06. The quantitative estimate of drug-likeness (QED) is 0.841. The Balaban J connectivity index is 1.61. The predicted molar refractivity (Wildman–Crippen MR) is 111 cm³/mol. The molecule has 4 heterocycles. The molecule has 0 spiro atoms. The Labute approximate surface area is 165 Å². The summed E-state index contributed by atoms with van der Waals surface area (Å²) in [7, 11) is 2.17. The summed E-state index contributed by atoms with van der Waals surface area (Å²) < 4.78 is 2.23. The maximum Gasteiger partial charge on any atom is 0.141 e. The smallest absolute Gasteiger partial charge is 0.141 e. The Morgan fingerprint density at radius 1 is 1.11 bits per heavy atom. The first-order chi connectivity index (χ1) is 13.4. The predicted octanol–water partition coefficient (Wildman–Crippen LogP) is 2.32. The minimum absolute atomic E-state index is 0.0202. The van der Waals surface area contributed by atoms with E-state index in [1.165, 1.54) is 0 Å². The van der Waals surface area contributed by atoms with E-state index in [0.717, 1.165) is 60.0 Å². The molecule has 0 radical (unpaired) electrons. The van der Waals surface area contributed by atoms with Gasteiger partial charge in [0.25, 0.3) is 0 Å². The van der Waals surface area contributed by atoms with Crippen LogP contribution >= 0.6 is 0 Å². The zero-order valence-electron chi connectivity index (χ0n) is 16.7. The maximum absolute atomic E-state index is 10.8. The van der Waals surface area contributed by atoms with Gasteiger partial charge in [-0.25, -0.2) is 4.98 Å². The van der Waals surface area contributed by atoms with Crippen molar-refractivity contribution in [2.45, 2.75) is 25.6 Å². The minimum atomic E-state index is -0.966. The molecule has 0 unspecified atom stereocenters. The number of dihydropyridines is 1. The van der Waals surface area contributed by atoms with Crippen LogP contribution in [0.5, 0.6) is 0 Å². The first-order valence-electron chi connectivity index (χ1n) is 9.95. The Morgan fingerprint density at radius 2 is 1.86 bits per heavy atom. The molecule has 3 aliphatic rings. The summed E-state index contributed by atoms with van der Waals surface area (Å²) in [6.45, 7) is 7.84. The van der Waals surface area contributed by atoms with Gasteiger partial charge in [-0.2, -0.15) is 0 Å². The van der Waals surface area contributed by atoms with Gasteiger partial charge in [-0.05, 0) is 50.8 Å². The fraction of sp³-hybridized carbons (Fsp3) is 0.409. The number of likely N-dealkylation sites (N-methyl/N-ethyl adjacent to an activating group) is 1. The fourth-order valence-electron chi connectivity index (χ4n) is 4.30. The Morgan fingerprint density at radius 3 is 2.61 bits per heavy atom. The molecule has 0 aliphatic carbocycles. The van der Waals surface area contributed by atoms with E-state index in [-0.39, 0.29) is 6.17 Å². The molecule has 146 valence electrons. The third-order valence-electron chi connectivity index (χ3n) is 5.94. The van der Waals surface area contributed by atoms with Gasteiger partial charge in [-0.1, -0.05) is 18.2 Å². The van der Waals surface area contributed by atoms with Crippen molar-refractivity contribution in [1.82, 2.24) is 24.7 Å². The van der Waals surface area contributed by atoms with Gasteiger partial charge in [0.05, 0.1) is 16.6 Å². The Bertz CT molecular complexity index is 1020. The molecule has 0 saturated carbocycles. The number of nitrogens with one attached hydrogen (secondary N) is 1. The van der Waals surface area contributed by atoms with Crippen molar-refractivity contribution >= 4 is 16.6 Å². The number of rotatable bonds is 2. The second-order valence-electron chi connectivity index (χ2n) is 8.47. The lowest BCUT2D eigenvalue weighted by atomic mass is 9.90. The second-order valence-corrected chi connectivity index (χ2v) is 8.47. The molecule has 0 bridgehead atoms. The average molecular weight is 377 g/mol. The monoisotopic (exact) mass is 377 g/mol. The summed E-state index contributed by atoms with van der Waals surface area (Å²) >= 11 is 0. The molecule has 6 nitrogen and oxygen atoms in total. The Kier molecular flexibility index (Phi) is 3.89. The van der Waals surface area contributed by atoms with Crippen LogP contribution in [0.2, 0.25) is 0 Å². The van der Waals surface area contributed by atoms with Crippen molar-refractivity contribution in [3.8, 4) is 0 Å². The molecule has 1 saturated heterocycles. The van der Waals surface area contributed by atoms with E-state index >= 15 is 0 Å². The Hall–Kier alpha value is -2.57. The number of aliphatic hydroxyl groups is 1. The highest BCUT2D eigenvalue weighted by Crippen LogP contribution is 2.40. The number of piperazine rings is 1. The summed E-state index contributed by atoms with van der Waals surface area (Å²) in [6.07, 6.45) is 6.42. The number of hydrogen-bond donors (Lipinski definition) is 2. The molecular formula is C22H27N5O. The van der Waals surface area contributed by atoms with Gasteiger partial charge in [0.15, 0.2) is 0 Å². The van der Waals surface area contributed by atoms with Gasteiger partial charge in [0.1, 0.15) is 17.8 Å². The van der Waals surface area contributed by atoms with Gasteiger partial charge < -0.3 is 20.2 Å². The lowest BCUT2D eigenvalue weighted by Crippen LogP contribution is -2.48. The van der Waals surface area contributed by atoms with E-state index in [0.29, 0.717) is 0 Å². The molecule has 2 aromatic rings. The lowest BCUT2D eigenvalue weighted by molar-refractivity contribution is 0.141. The number of benzene rings is 1. The molecule has 3 aliphatic heterocycles. The molecule has 1 aromatic carbocycles. The van der Waals surface area contributed by atoms with Crippen molar-refractivity contribution in [2.75, 3.05) is 33.2 Å². The van der Waals surface area contributed by atoms with Crippen molar-refractivity contribution in [3.63, 3.8) is 0 Å². The van der Waals surface area contributed by atoms with Crippen molar-refractivity contribution in [3.05, 3.63) is 59.7 Å². The summed E-state index contributed by atoms with van der Waals surface area (Å²) in [5, 5.41) is 14.5. The molecule has 1 aromatic heterocycles. The topological polar surface area (TPSA) is 56.6 Å². The molecular weight excluding hydrogens is 350 g/mol. The van der Waals surface area contributed by atoms with Crippen molar-refractivity contribution < 1.29 is 5.11 Å². The van der Waals surface area contributed by atoms with Crippen LogP contribution in [0.4, 0.5) is 0 Å². The van der Waals surface area contributed by atoms with Crippen LogP contribution in [0.15, 0.2) is 53.9 Å². The number of hydrogen-bond acceptors (Lipinski definition) is 5. The first-order valence-corrected chi connectivity index (χ1v) is 9.95. The molecule has 1 atom stereocenters. The third-order valence-corrected chi connectivity index (χ3v) is 5.94. The van der Waals surface area contributed by atoms with E-state index in [9.17, 15) is 5.11 Å². The lowest BCUT2D eigenvalue weighted by Gasteiger charge is -2.40. The second kappa shape index (κ2) is 6.22. The highest BCUT2D eigenvalue weighted by molar-refractivity contribution is 5.84. The number of nitrogens with zero attached hydrogens (tertiary/aromatic N) is 4. The van der Waals surface area contributed by atoms with Crippen LogP contribution in [-0.4, -0.2) is 63.3 Å². The van der Waals surface area contributed by atoms with E-state index < -0.39 is 5.60 Å². The third kappa shape index (κ3) is 2.75. The standard InChI is InChI=1S/C22H27N5O/c1-22(2,28)16-14-15-8-9-19(26-12-10-25(3)11-13-26)24-20(15)27-18-7-5-4-6-17(18)23-21(16)27/h4-9,14,20,24,28H,10-13H2,1-3H3/t20-/m1/s1. The van der Waals surface area contributed by atoms with Crippen LogP contribution in [0.1, 0.15) is 25.8 Å². The maximum atomic E-state index is 10.8. The van der Waals surface area contributed by atoms with Gasteiger partial charge in [-0.3, -0.25) is 4.57 Å². The van der Waals surface area contributed by atoms with Crippen molar-refractivity contribution in [1.29, 1.82) is 0 Å². The number of para-hydroxylation sites is 2. The molecule has 1 fully saturated rings. The number of imidazole rings is 1. The zero-order chi connectivity index (χ0) is 19.5. The van der Waals surface area contributed by atoms with Crippen LogP contribution in [0.3, 0.4) is 0 Å². The van der Waals surface area contributed by atoms with Gasteiger partial charge in [-0.15, -0.1) is 0 Å². The largest absolute Gasteiger partial charge is 0.386 e. The number of allylic oxidation sites excluding steroid dienone is 2. The van der Waals surface area contributed by atoms with E-state index in [1.807, 2.05) is 32.0 Å². The minimum Gasteiger partial charge on any atom is -0.386 e. The van der Waals surface area contributed by atoms with E-state index in [2.05, 4.69) is 51.0 Å². The van der Waals surface area contributed by atoms with E-state index in [1.54, 1.807) is 0 Å². The van der Waals surface area contributed by atoms with Crippen LogP contribution in [0.25, 0.3) is 16.6 Å². The highest BCUT2D eigenvalue weighted by Gasteiger charge is 2.36. The first kappa shape index (κ1) is 17.5. The van der Waals surface area contributed by atoms with E-state index in [4.69, 9.17) is 4.98 Å². The summed E-state index contributed by atoms with van der Waals surface area (Å²) in [5.41, 5.74) is 3.06. The van der Waals surface area contributed by atoms with Gasteiger partial charge >= 0.3 is 0 Å². The van der Waals surface area contributed by atoms with Crippen LogP contribution < -0.4 is 5.32 Å². The molecule has 0 amide bonds. The molecule has 2 N–H and O–H groups in total. The SMILES string of the molecule is CN1CCN(C2=CC=C3C=C(C(C)(C)O)c4nc5ccccc5n4[C@H]3N2)CC1. The van der Waals surface area contributed by atoms with Gasteiger partial charge in [0.2, 0.25) is 0 Å². The van der Waals surface area contributed by atoms with Crippen LogP contribution in [-0.2, 0) is 0 Å². The molecule has 5 rings (SSSR count). The molecule has 6 heteroatoms. The molecule has 28 heavy (non-hydrogen) atoms. The van der Waals surface area contributed by atoms with Crippen LogP contribution in [0, 0.1) is 0 Å². The summed E-state index contributed by atoms with van der Waals surface area (Å²) in [5.74, 6) is 1.99. The number of aromatic nitrogens is 2. The summed E-state index contributed by atoms with van der Waals surface area (Å²) in [6, 6.07) is 8.19. The fourth-order valence-corrected chi connectivity index (χ4v) is 4.30. The van der Waals surface area contributed by atoms with Crippen molar-refractivity contribution in [2.24, 2.45) is 0 Å². The summed E-state index contributed by atoms with van der Waals surface area (Å²) in [4.78, 5) is 9.65. The van der Waals surface area contributed by atoms with Gasteiger partial charge in [0, 0.05) is 31.8 Å². The zero-order valence-corrected chi connectivity index (χ0v) is 16.7. The highest BCUT2D eigenvalue weighted by atomic mass is 16.3. The number of fused-ring (bicyclic) bond motifs is 5. The normalized spacial score (nSPS) is 22.8.